The van der Waals surface area contributed by atoms with Crippen molar-refractivity contribution in [3.05, 3.63) is 35.9 Å². The van der Waals surface area contributed by atoms with E-state index < -0.39 is 0 Å². The molecule has 0 radical (unpaired) electrons. The van der Waals surface area contributed by atoms with Crippen molar-refractivity contribution in [3.63, 3.8) is 0 Å². The Balaban J connectivity index is 1.54. The third kappa shape index (κ3) is 2.15. The summed E-state index contributed by atoms with van der Waals surface area (Å²) in [4.78, 5) is 2.73. The number of nitrogens with zero attached hydrogens (tertiary/aromatic N) is 1. The maximum Gasteiger partial charge on any atom is 0.00953 e. The first kappa shape index (κ1) is 10.3. The van der Waals surface area contributed by atoms with E-state index in [1.54, 1.807) is 0 Å². The van der Waals surface area contributed by atoms with E-state index in [4.69, 9.17) is 0 Å². The summed E-state index contributed by atoms with van der Waals surface area (Å²) in [6.45, 7) is 2.70. The zero-order valence-corrected chi connectivity index (χ0v) is 9.94. The van der Waals surface area contributed by atoms with Crippen molar-refractivity contribution in [3.8, 4) is 0 Å². The lowest BCUT2D eigenvalue weighted by atomic mass is 9.91. The molecule has 0 bridgehead atoms. The van der Waals surface area contributed by atoms with Crippen LogP contribution in [0.25, 0.3) is 0 Å². The van der Waals surface area contributed by atoms with Crippen LogP contribution in [-0.4, -0.2) is 24.0 Å². The third-order valence-electron chi connectivity index (χ3n) is 4.28. The van der Waals surface area contributed by atoms with E-state index in [1.807, 2.05) is 0 Å². The van der Waals surface area contributed by atoms with E-state index >= 15 is 0 Å². The lowest BCUT2D eigenvalue weighted by molar-refractivity contribution is 0.153. The number of benzene rings is 1. The van der Waals surface area contributed by atoms with E-state index in [0.717, 1.165) is 12.0 Å². The van der Waals surface area contributed by atoms with Gasteiger partial charge in [-0.3, -0.25) is 0 Å². The van der Waals surface area contributed by atoms with Crippen LogP contribution in [0.2, 0.25) is 0 Å². The Morgan fingerprint density at radius 2 is 1.88 bits per heavy atom. The van der Waals surface area contributed by atoms with Crippen LogP contribution in [0.15, 0.2) is 30.3 Å². The van der Waals surface area contributed by atoms with Crippen molar-refractivity contribution in [2.24, 2.45) is 5.92 Å². The molecule has 0 amide bonds. The molecule has 0 aromatic heterocycles. The summed E-state index contributed by atoms with van der Waals surface area (Å²) in [5.41, 5.74) is 1.52. The molecule has 1 aromatic carbocycles. The molecule has 3 rings (SSSR count). The van der Waals surface area contributed by atoms with Gasteiger partial charge in [-0.1, -0.05) is 36.8 Å². The predicted molar refractivity (Wildman–Crippen MR) is 67.5 cm³/mol. The third-order valence-corrected chi connectivity index (χ3v) is 4.28. The average molecular weight is 215 g/mol. The second kappa shape index (κ2) is 4.58. The standard InChI is InChI=1S/C15H21N/c1-2-5-13(6-3-1)11-14-9-10-16(12-14)15-7-4-8-15/h1-3,5-6,14-15H,4,7-12H2. The maximum absolute atomic E-state index is 2.73. The Morgan fingerprint density at radius 1 is 1.06 bits per heavy atom. The molecule has 1 heteroatoms. The highest BCUT2D eigenvalue weighted by Crippen LogP contribution is 2.30. The highest BCUT2D eigenvalue weighted by atomic mass is 15.2. The molecule has 2 fully saturated rings. The van der Waals surface area contributed by atoms with Crippen molar-refractivity contribution in [2.45, 2.75) is 38.1 Å². The summed E-state index contributed by atoms with van der Waals surface area (Å²) in [5, 5.41) is 0. The fourth-order valence-corrected chi connectivity index (χ4v) is 3.06. The highest BCUT2D eigenvalue weighted by molar-refractivity contribution is 5.15. The van der Waals surface area contributed by atoms with Gasteiger partial charge in [0.25, 0.3) is 0 Å². The summed E-state index contributed by atoms with van der Waals surface area (Å²) in [5.74, 6) is 0.906. The summed E-state index contributed by atoms with van der Waals surface area (Å²) in [6, 6.07) is 11.9. The van der Waals surface area contributed by atoms with Gasteiger partial charge < -0.3 is 4.90 Å². The fourth-order valence-electron chi connectivity index (χ4n) is 3.06. The molecular weight excluding hydrogens is 194 g/mol. The zero-order chi connectivity index (χ0) is 10.8. The smallest absolute Gasteiger partial charge is 0.00953 e. The highest BCUT2D eigenvalue weighted by Gasteiger charge is 2.31. The van der Waals surface area contributed by atoms with Gasteiger partial charge in [0.2, 0.25) is 0 Å². The maximum atomic E-state index is 2.73. The average Bonchev–Trinajstić information content (AvgIpc) is 2.65. The molecule has 1 aliphatic carbocycles. The van der Waals surface area contributed by atoms with Crippen molar-refractivity contribution < 1.29 is 0 Å². The molecule has 86 valence electrons. The monoisotopic (exact) mass is 215 g/mol. The van der Waals surface area contributed by atoms with Gasteiger partial charge in [0.05, 0.1) is 0 Å². The molecule has 16 heavy (non-hydrogen) atoms. The summed E-state index contributed by atoms with van der Waals surface area (Å²) in [7, 11) is 0. The molecule has 1 nitrogen and oxygen atoms in total. The van der Waals surface area contributed by atoms with Gasteiger partial charge in [-0.2, -0.15) is 0 Å². The molecule has 1 saturated heterocycles. The van der Waals surface area contributed by atoms with Crippen LogP contribution in [0.5, 0.6) is 0 Å². The topological polar surface area (TPSA) is 3.24 Å². The van der Waals surface area contributed by atoms with Crippen LogP contribution in [0, 0.1) is 5.92 Å². The number of hydrogen-bond donors (Lipinski definition) is 0. The SMILES string of the molecule is c1ccc(CC2CCN(C3CCC3)C2)cc1. The second-order valence-electron chi connectivity index (χ2n) is 5.42. The molecular formula is C15H21N. The lowest BCUT2D eigenvalue weighted by Crippen LogP contribution is -2.38. The van der Waals surface area contributed by atoms with Crippen molar-refractivity contribution in [1.29, 1.82) is 0 Å². The van der Waals surface area contributed by atoms with Crippen LogP contribution in [0.1, 0.15) is 31.2 Å². The number of hydrogen-bond acceptors (Lipinski definition) is 1. The van der Waals surface area contributed by atoms with Crippen molar-refractivity contribution in [2.75, 3.05) is 13.1 Å². The molecule has 0 spiro atoms. The quantitative estimate of drug-likeness (QED) is 0.749. The minimum atomic E-state index is 0.906. The van der Waals surface area contributed by atoms with Gasteiger partial charge in [0.1, 0.15) is 0 Å². The van der Waals surface area contributed by atoms with Crippen molar-refractivity contribution >= 4 is 0 Å². The second-order valence-corrected chi connectivity index (χ2v) is 5.42. The molecule has 1 heterocycles. The normalized spacial score (nSPS) is 26.9. The van der Waals surface area contributed by atoms with Gasteiger partial charge >= 0.3 is 0 Å². The molecule has 2 aliphatic rings. The molecule has 1 aromatic rings. The Hall–Kier alpha value is -0.820. The van der Waals surface area contributed by atoms with Gasteiger partial charge in [0, 0.05) is 12.6 Å². The van der Waals surface area contributed by atoms with Crippen LogP contribution >= 0.6 is 0 Å². The summed E-state index contributed by atoms with van der Waals surface area (Å²) < 4.78 is 0. The molecule has 1 aliphatic heterocycles. The van der Waals surface area contributed by atoms with Gasteiger partial charge in [-0.15, -0.1) is 0 Å². The van der Waals surface area contributed by atoms with Gasteiger partial charge in [0.15, 0.2) is 0 Å². The summed E-state index contributed by atoms with van der Waals surface area (Å²) >= 11 is 0. The zero-order valence-electron chi connectivity index (χ0n) is 9.94. The fraction of sp³-hybridized carbons (Fsp3) is 0.600. The molecule has 1 atom stereocenters. The van der Waals surface area contributed by atoms with Gasteiger partial charge in [-0.25, -0.2) is 0 Å². The minimum absolute atomic E-state index is 0.906. The van der Waals surface area contributed by atoms with Gasteiger partial charge in [-0.05, 0) is 43.7 Å². The van der Waals surface area contributed by atoms with Crippen LogP contribution in [0.3, 0.4) is 0 Å². The van der Waals surface area contributed by atoms with E-state index in [0.29, 0.717) is 0 Å². The number of rotatable bonds is 3. The largest absolute Gasteiger partial charge is 0.300 e. The number of likely N-dealkylation sites (tertiary alicyclic amines) is 1. The Bertz CT molecular complexity index is 329. The Labute approximate surface area is 98.5 Å². The first-order chi connectivity index (χ1) is 7.92. The van der Waals surface area contributed by atoms with Crippen LogP contribution in [0.4, 0.5) is 0 Å². The summed E-state index contributed by atoms with van der Waals surface area (Å²) in [6.07, 6.45) is 7.07. The first-order valence-electron chi connectivity index (χ1n) is 6.70. The Morgan fingerprint density at radius 3 is 2.56 bits per heavy atom. The van der Waals surface area contributed by atoms with Crippen LogP contribution < -0.4 is 0 Å². The van der Waals surface area contributed by atoms with E-state index in [2.05, 4.69) is 35.2 Å². The predicted octanol–water partition coefficient (Wildman–Crippen LogP) is 3.10. The molecule has 0 N–H and O–H groups in total. The minimum Gasteiger partial charge on any atom is -0.300 e. The molecule has 1 unspecified atom stereocenters. The van der Waals surface area contributed by atoms with E-state index in [9.17, 15) is 0 Å². The molecule has 1 saturated carbocycles. The lowest BCUT2D eigenvalue weighted by Gasteiger charge is -2.34. The van der Waals surface area contributed by atoms with E-state index in [-0.39, 0.29) is 0 Å². The van der Waals surface area contributed by atoms with Crippen molar-refractivity contribution in [1.82, 2.24) is 4.90 Å². The Kier molecular flexibility index (Phi) is 2.96. The van der Waals surface area contributed by atoms with Crippen LogP contribution in [-0.2, 0) is 6.42 Å². The van der Waals surface area contributed by atoms with E-state index in [1.165, 1.54) is 50.8 Å². The first-order valence-corrected chi connectivity index (χ1v) is 6.70.